The second kappa shape index (κ2) is 9.94. The van der Waals surface area contributed by atoms with Crippen molar-refractivity contribution in [1.82, 2.24) is 10.2 Å². The van der Waals surface area contributed by atoms with Gasteiger partial charge in [0.25, 0.3) is 0 Å². The highest BCUT2D eigenvalue weighted by molar-refractivity contribution is 6.31. The van der Waals surface area contributed by atoms with Gasteiger partial charge in [-0.2, -0.15) is 0 Å². The van der Waals surface area contributed by atoms with E-state index in [0.717, 1.165) is 16.8 Å². The van der Waals surface area contributed by atoms with Crippen LogP contribution in [0.5, 0.6) is 0 Å². The Morgan fingerprint density at radius 2 is 1.73 bits per heavy atom. The zero-order valence-electron chi connectivity index (χ0n) is 15.1. The molecule has 0 aliphatic carbocycles. The zero-order chi connectivity index (χ0) is 18.9. The van der Waals surface area contributed by atoms with E-state index in [4.69, 9.17) is 11.6 Å². The SMILES string of the molecule is CN(C)C(=O)CCc1ccc(NC(=O)CNCc2ccccc2Cl)cc1. The van der Waals surface area contributed by atoms with Crippen LogP contribution < -0.4 is 10.6 Å². The second-order valence-electron chi connectivity index (χ2n) is 6.23. The Balaban J connectivity index is 1.75. The summed E-state index contributed by atoms with van der Waals surface area (Å²) in [5, 5.41) is 6.61. The summed E-state index contributed by atoms with van der Waals surface area (Å²) in [5.74, 6) is -0.0143. The number of nitrogens with zero attached hydrogens (tertiary/aromatic N) is 1. The molecule has 0 spiro atoms. The predicted octanol–water partition coefficient (Wildman–Crippen LogP) is 3.09. The summed E-state index contributed by atoms with van der Waals surface area (Å²) < 4.78 is 0. The van der Waals surface area contributed by atoms with Gasteiger partial charge in [-0.1, -0.05) is 41.9 Å². The Morgan fingerprint density at radius 1 is 1.04 bits per heavy atom. The quantitative estimate of drug-likeness (QED) is 0.747. The van der Waals surface area contributed by atoms with Gasteiger partial charge in [0.2, 0.25) is 11.8 Å². The average molecular weight is 374 g/mol. The van der Waals surface area contributed by atoms with E-state index in [1.807, 2.05) is 48.5 Å². The molecule has 138 valence electrons. The smallest absolute Gasteiger partial charge is 0.238 e. The van der Waals surface area contributed by atoms with E-state index in [1.54, 1.807) is 19.0 Å². The second-order valence-corrected chi connectivity index (χ2v) is 6.64. The molecule has 0 saturated heterocycles. The average Bonchev–Trinajstić information content (AvgIpc) is 2.62. The van der Waals surface area contributed by atoms with Crippen molar-refractivity contribution in [3.05, 3.63) is 64.7 Å². The summed E-state index contributed by atoms with van der Waals surface area (Å²) in [7, 11) is 3.50. The molecule has 2 aromatic rings. The monoisotopic (exact) mass is 373 g/mol. The van der Waals surface area contributed by atoms with Crippen LogP contribution in [0.25, 0.3) is 0 Å². The minimum Gasteiger partial charge on any atom is -0.349 e. The van der Waals surface area contributed by atoms with E-state index >= 15 is 0 Å². The van der Waals surface area contributed by atoms with Gasteiger partial charge in [0.1, 0.15) is 0 Å². The number of carbonyl (C=O) groups is 2. The summed E-state index contributed by atoms with van der Waals surface area (Å²) in [5.41, 5.74) is 2.76. The van der Waals surface area contributed by atoms with E-state index in [9.17, 15) is 9.59 Å². The molecule has 0 aliphatic rings. The maximum Gasteiger partial charge on any atom is 0.238 e. The van der Waals surface area contributed by atoms with Crippen LogP contribution >= 0.6 is 11.6 Å². The summed E-state index contributed by atoms with van der Waals surface area (Å²) in [6, 6.07) is 15.1. The first-order valence-corrected chi connectivity index (χ1v) is 8.86. The van der Waals surface area contributed by atoms with Gasteiger partial charge in [0, 0.05) is 37.8 Å². The highest BCUT2D eigenvalue weighted by Crippen LogP contribution is 2.14. The molecule has 26 heavy (non-hydrogen) atoms. The van der Waals surface area contributed by atoms with Gasteiger partial charge in [0.15, 0.2) is 0 Å². The van der Waals surface area contributed by atoms with Gasteiger partial charge in [0.05, 0.1) is 6.54 Å². The van der Waals surface area contributed by atoms with E-state index in [1.165, 1.54) is 0 Å². The molecule has 0 aliphatic heterocycles. The van der Waals surface area contributed by atoms with Crippen LogP contribution in [0.2, 0.25) is 5.02 Å². The summed E-state index contributed by atoms with van der Waals surface area (Å²) in [6.07, 6.45) is 1.16. The molecular formula is C20H24ClN3O2. The lowest BCUT2D eigenvalue weighted by molar-refractivity contribution is -0.128. The lowest BCUT2D eigenvalue weighted by atomic mass is 10.1. The number of benzene rings is 2. The number of aryl methyl sites for hydroxylation is 1. The predicted molar refractivity (Wildman–Crippen MR) is 105 cm³/mol. The Morgan fingerprint density at radius 3 is 2.38 bits per heavy atom. The summed E-state index contributed by atoms with van der Waals surface area (Å²) in [6.45, 7) is 0.732. The molecule has 0 saturated carbocycles. The molecule has 0 fully saturated rings. The van der Waals surface area contributed by atoms with Gasteiger partial charge in [-0.25, -0.2) is 0 Å². The van der Waals surface area contributed by atoms with Crippen molar-refractivity contribution in [3.8, 4) is 0 Å². The summed E-state index contributed by atoms with van der Waals surface area (Å²) >= 11 is 6.08. The molecule has 5 nitrogen and oxygen atoms in total. The number of amides is 2. The third-order valence-corrected chi connectivity index (χ3v) is 4.29. The number of halogens is 1. The standard InChI is InChI=1S/C20H24ClN3O2/c1-24(2)20(26)12-9-15-7-10-17(11-8-15)23-19(25)14-22-13-16-5-3-4-6-18(16)21/h3-8,10-11,22H,9,12-14H2,1-2H3,(H,23,25). The van der Waals surface area contributed by atoms with Crippen molar-refractivity contribution in [2.75, 3.05) is 26.0 Å². The molecule has 2 rings (SSSR count). The molecule has 0 atom stereocenters. The first-order chi connectivity index (χ1) is 12.5. The number of carbonyl (C=O) groups excluding carboxylic acids is 2. The van der Waals surface area contributed by atoms with Crippen molar-refractivity contribution in [2.24, 2.45) is 0 Å². The zero-order valence-corrected chi connectivity index (χ0v) is 15.8. The van der Waals surface area contributed by atoms with Crippen molar-refractivity contribution in [3.63, 3.8) is 0 Å². The third kappa shape index (κ3) is 6.50. The molecule has 0 aromatic heterocycles. The maximum atomic E-state index is 12.0. The number of hydrogen-bond acceptors (Lipinski definition) is 3. The molecule has 0 bridgehead atoms. The van der Waals surface area contributed by atoms with E-state index in [-0.39, 0.29) is 18.4 Å². The maximum absolute atomic E-state index is 12.0. The molecule has 2 amide bonds. The molecule has 2 N–H and O–H groups in total. The van der Waals surface area contributed by atoms with Crippen molar-refractivity contribution >= 4 is 29.1 Å². The minimum atomic E-state index is -0.118. The lowest BCUT2D eigenvalue weighted by Crippen LogP contribution is -2.27. The van der Waals surface area contributed by atoms with E-state index in [2.05, 4.69) is 10.6 Å². The first kappa shape index (κ1) is 19.9. The van der Waals surface area contributed by atoms with Crippen LogP contribution in [-0.4, -0.2) is 37.4 Å². The van der Waals surface area contributed by atoms with Crippen molar-refractivity contribution in [2.45, 2.75) is 19.4 Å². The normalized spacial score (nSPS) is 10.4. The van der Waals surface area contributed by atoms with Gasteiger partial charge >= 0.3 is 0 Å². The topological polar surface area (TPSA) is 61.4 Å². The molecule has 6 heteroatoms. The number of nitrogens with one attached hydrogen (secondary N) is 2. The Bertz CT molecular complexity index is 745. The number of rotatable bonds is 8. The molecular weight excluding hydrogens is 350 g/mol. The highest BCUT2D eigenvalue weighted by atomic mass is 35.5. The van der Waals surface area contributed by atoms with Crippen molar-refractivity contribution < 1.29 is 9.59 Å². The molecule has 0 heterocycles. The fourth-order valence-corrected chi connectivity index (χ4v) is 2.59. The van der Waals surface area contributed by atoms with Crippen molar-refractivity contribution in [1.29, 1.82) is 0 Å². The molecule has 0 unspecified atom stereocenters. The van der Waals surface area contributed by atoms with E-state index < -0.39 is 0 Å². The van der Waals surface area contributed by atoms with Gasteiger partial charge in [-0.15, -0.1) is 0 Å². The first-order valence-electron chi connectivity index (χ1n) is 8.49. The highest BCUT2D eigenvalue weighted by Gasteiger charge is 2.06. The Hall–Kier alpha value is -2.37. The summed E-state index contributed by atoms with van der Waals surface area (Å²) in [4.78, 5) is 25.2. The van der Waals surface area contributed by atoms with Gasteiger partial charge in [-0.05, 0) is 35.7 Å². The Kier molecular flexibility index (Phi) is 7.63. The van der Waals surface area contributed by atoms with Crippen LogP contribution in [0, 0.1) is 0 Å². The fourth-order valence-electron chi connectivity index (χ4n) is 2.39. The minimum absolute atomic E-state index is 0.104. The molecule has 0 radical (unpaired) electrons. The van der Waals surface area contributed by atoms with Crippen LogP contribution in [-0.2, 0) is 22.6 Å². The number of hydrogen-bond donors (Lipinski definition) is 2. The van der Waals surface area contributed by atoms with Crippen LogP contribution in [0.15, 0.2) is 48.5 Å². The number of anilines is 1. The van der Waals surface area contributed by atoms with E-state index in [0.29, 0.717) is 24.4 Å². The third-order valence-electron chi connectivity index (χ3n) is 3.92. The molecule has 2 aromatic carbocycles. The van der Waals surface area contributed by atoms with Gasteiger partial charge < -0.3 is 15.5 Å². The Labute approximate surface area is 159 Å². The van der Waals surface area contributed by atoms with Gasteiger partial charge in [-0.3, -0.25) is 9.59 Å². The van der Waals surface area contributed by atoms with Crippen LogP contribution in [0.3, 0.4) is 0 Å². The lowest BCUT2D eigenvalue weighted by Gasteiger charge is -2.10. The fraction of sp³-hybridized carbons (Fsp3) is 0.300. The van der Waals surface area contributed by atoms with Crippen LogP contribution in [0.4, 0.5) is 5.69 Å². The largest absolute Gasteiger partial charge is 0.349 e. The van der Waals surface area contributed by atoms with Crippen LogP contribution in [0.1, 0.15) is 17.5 Å².